The number of carboxylic acids is 1. The highest BCUT2D eigenvalue weighted by atomic mass is 19.1. The minimum absolute atomic E-state index is 0.0532. The van der Waals surface area contributed by atoms with E-state index in [0.29, 0.717) is 29.7 Å². The summed E-state index contributed by atoms with van der Waals surface area (Å²) in [5, 5.41) is 18.1. The third kappa shape index (κ3) is 4.14. The monoisotopic (exact) mass is 361 g/mol. The number of halogens is 1. The van der Waals surface area contributed by atoms with Gasteiger partial charge in [0.25, 0.3) is 11.5 Å². The molecule has 0 aliphatic carbocycles. The number of amides is 1. The third-order valence-electron chi connectivity index (χ3n) is 4.12. The van der Waals surface area contributed by atoms with Crippen molar-refractivity contribution in [1.82, 2.24) is 15.5 Å². The van der Waals surface area contributed by atoms with Crippen molar-refractivity contribution in [3.05, 3.63) is 62.8 Å². The van der Waals surface area contributed by atoms with Crippen molar-refractivity contribution in [1.29, 1.82) is 0 Å². The van der Waals surface area contributed by atoms with Gasteiger partial charge < -0.3 is 10.4 Å². The molecule has 8 heteroatoms. The highest BCUT2D eigenvalue weighted by molar-refractivity contribution is 5.95. The zero-order chi connectivity index (χ0) is 19.3. The van der Waals surface area contributed by atoms with Crippen molar-refractivity contribution in [2.45, 2.75) is 32.6 Å². The van der Waals surface area contributed by atoms with Crippen LogP contribution in [0.4, 0.5) is 4.39 Å². The van der Waals surface area contributed by atoms with Gasteiger partial charge in [0.05, 0.1) is 11.6 Å². The maximum Gasteiger partial charge on any atom is 0.312 e. The number of aryl methyl sites for hydroxylation is 1. The number of H-pyrrole nitrogens is 1. The van der Waals surface area contributed by atoms with E-state index in [-0.39, 0.29) is 12.1 Å². The molecule has 7 nitrogen and oxygen atoms in total. The quantitative estimate of drug-likeness (QED) is 0.694. The molecule has 2 rings (SSSR count). The third-order valence-corrected chi connectivity index (χ3v) is 4.12. The molecule has 0 saturated heterocycles. The van der Waals surface area contributed by atoms with Gasteiger partial charge in [0.1, 0.15) is 11.4 Å². The second-order valence-corrected chi connectivity index (χ2v) is 5.71. The molecule has 0 bridgehead atoms. The molecule has 1 aromatic heterocycles. The number of aromatic amines is 1. The lowest BCUT2D eigenvalue weighted by Gasteiger charge is -2.15. The van der Waals surface area contributed by atoms with Crippen LogP contribution in [0, 0.1) is 5.82 Å². The molecule has 0 radical (unpaired) electrons. The molecular formula is C18H20FN3O4. The lowest BCUT2D eigenvalue weighted by molar-refractivity contribution is -0.138. The molecule has 0 spiro atoms. The Morgan fingerprint density at radius 2 is 1.88 bits per heavy atom. The molecule has 1 heterocycles. The summed E-state index contributed by atoms with van der Waals surface area (Å²) >= 11 is 0. The minimum atomic E-state index is -1.16. The predicted octanol–water partition coefficient (Wildman–Crippen LogP) is 1.63. The van der Waals surface area contributed by atoms with Crippen LogP contribution >= 0.6 is 0 Å². The molecule has 0 aliphatic rings. The van der Waals surface area contributed by atoms with Gasteiger partial charge >= 0.3 is 5.97 Å². The van der Waals surface area contributed by atoms with Crippen molar-refractivity contribution in [2.24, 2.45) is 0 Å². The van der Waals surface area contributed by atoms with Crippen molar-refractivity contribution >= 4 is 11.9 Å². The lowest BCUT2D eigenvalue weighted by Crippen LogP contribution is -2.36. The Morgan fingerprint density at radius 3 is 2.42 bits per heavy atom. The van der Waals surface area contributed by atoms with Gasteiger partial charge in [-0.1, -0.05) is 26.0 Å². The highest BCUT2D eigenvalue weighted by Crippen LogP contribution is 2.17. The highest BCUT2D eigenvalue weighted by Gasteiger charge is 2.23. The summed E-state index contributed by atoms with van der Waals surface area (Å²) in [5.74, 6) is -3.36. The summed E-state index contributed by atoms with van der Waals surface area (Å²) in [5.41, 5.74) is 0.841. The molecular weight excluding hydrogens is 341 g/mol. The van der Waals surface area contributed by atoms with Crippen molar-refractivity contribution < 1.29 is 19.1 Å². The number of benzene rings is 1. The fraction of sp³-hybridized carbons (Fsp3) is 0.333. The van der Waals surface area contributed by atoms with Gasteiger partial charge in [-0.3, -0.25) is 14.4 Å². The second-order valence-electron chi connectivity index (χ2n) is 5.71. The largest absolute Gasteiger partial charge is 0.481 e. The maximum absolute atomic E-state index is 13.0. The number of rotatable bonds is 7. The molecule has 1 aromatic carbocycles. The van der Waals surface area contributed by atoms with Crippen LogP contribution in [-0.4, -0.2) is 33.7 Å². The van der Waals surface area contributed by atoms with E-state index in [1.54, 1.807) is 0 Å². The van der Waals surface area contributed by atoms with Gasteiger partial charge in [-0.2, -0.15) is 5.10 Å². The Bertz CT molecular complexity index is 862. The van der Waals surface area contributed by atoms with E-state index < -0.39 is 29.2 Å². The van der Waals surface area contributed by atoms with Crippen LogP contribution in [-0.2, 0) is 17.6 Å². The van der Waals surface area contributed by atoms with Crippen LogP contribution in [0.3, 0.4) is 0 Å². The topological polar surface area (TPSA) is 112 Å². The van der Waals surface area contributed by atoms with E-state index in [9.17, 15) is 23.9 Å². The fourth-order valence-corrected chi connectivity index (χ4v) is 2.76. The van der Waals surface area contributed by atoms with Crippen molar-refractivity contribution in [3.8, 4) is 0 Å². The summed E-state index contributed by atoms with van der Waals surface area (Å²) in [7, 11) is 0. The number of carbonyl (C=O) groups excluding carboxylic acids is 1. The molecule has 0 saturated carbocycles. The summed E-state index contributed by atoms with van der Waals surface area (Å²) < 4.78 is 13.0. The van der Waals surface area contributed by atoms with Crippen LogP contribution < -0.4 is 10.9 Å². The number of aliphatic carboxylic acids is 1. The van der Waals surface area contributed by atoms with Gasteiger partial charge in [-0.05, 0) is 36.1 Å². The molecule has 138 valence electrons. The normalized spacial score (nSPS) is 11.8. The summed E-state index contributed by atoms with van der Waals surface area (Å²) in [6.45, 7) is 3.44. The van der Waals surface area contributed by atoms with E-state index in [4.69, 9.17) is 0 Å². The Hall–Kier alpha value is -3.03. The fourth-order valence-electron chi connectivity index (χ4n) is 2.76. The first kappa shape index (κ1) is 19.3. The van der Waals surface area contributed by atoms with Crippen LogP contribution in [0.2, 0.25) is 0 Å². The lowest BCUT2D eigenvalue weighted by atomic mass is 9.98. The van der Waals surface area contributed by atoms with E-state index >= 15 is 0 Å². The molecule has 0 fully saturated rings. The van der Waals surface area contributed by atoms with E-state index in [0.717, 1.165) is 12.1 Å². The Labute approximate surface area is 149 Å². The first-order valence-corrected chi connectivity index (χ1v) is 8.25. The molecule has 2 aromatic rings. The van der Waals surface area contributed by atoms with Crippen LogP contribution in [0.15, 0.2) is 29.1 Å². The van der Waals surface area contributed by atoms with Crippen molar-refractivity contribution in [2.75, 3.05) is 6.54 Å². The number of carbonyl (C=O) groups is 2. The SMILES string of the molecule is CCc1n[nH]c(=O)c(C(=O)NCC(C(=O)O)c2ccc(F)cc2)c1CC. The Morgan fingerprint density at radius 1 is 1.23 bits per heavy atom. The number of nitrogens with one attached hydrogen (secondary N) is 2. The number of carboxylic acid groups (broad SMARTS) is 1. The van der Waals surface area contributed by atoms with E-state index in [2.05, 4.69) is 15.5 Å². The molecule has 1 atom stereocenters. The number of nitrogens with zero attached hydrogens (tertiary/aromatic N) is 1. The Kier molecular flexibility index (Phi) is 6.21. The van der Waals surface area contributed by atoms with E-state index in [1.807, 2.05) is 13.8 Å². The number of hydrogen-bond acceptors (Lipinski definition) is 4. The zero-order valence-corrected chi connectivity index (χ0v) is 14.5. The Balaban J connectivity index is 2.25. The predicted molar refractivity (Wildman–Crippen MR) is 92.7 cm³/mol. The zero-order valence-electron chi connectivity index (χ0n) is 14.5. The second kappa shape index (κ2) is 8.37. The number of aromatic nitrogens is 2. The molecule has 0 aliphatic heterocycles. The summed E-state index contributed by atoms with van der Waals surface area (Å²) in [6.07, 6.45) is 0.997. The average Bonchev–Trinajstić information content (AvgIpc) is 2.62. The molecule has 1 amide bonds. The summed E-state index contributed by atoms with van der Waals surface area (Å²) in [6, 6.07) is 5.02. The van der Waals surface area contributed by atoms with Gasteiger partial charge in [-0.25, -0.2) is 9.49 Å². The standard InChI is InChI=1S/C18H20FN3O4/c1-3-12-14(4-2)21-22-17(24)15(12)16(23)20-9-13(18(25)26)10-5-7-11(19)8-6-10/h5-8,13H,3-4,9H2,1-2H3,(H,20,23)(H,22,24)(H,25,26). The van der Waals surface area contributed by atoms with Crippen molar-refractivity contribution in [3.63, 3.8) is 0 Å². The molecule has 26 heavy (non-hydrogen) atoms. The van der Waals surface area contributed by atoms with Gasteiger partial charge in [0, 0.05) is 6.54 Å². The van der Waals surface area contributed by atoms with Crippen LogP contribution in [0.5, 0.6) is 0 Å². The summed E-state index contributed by atoms with van der Waals surface area (Å²) in [4.78, 5) is 36.1. The van der Waals surface area contributed by atoms with Crippen LogP contribution in [0.1, 0.15) is 46.9 Å². The van der Waals surface area contributed by atoms with Crippen LogP contribution in [0.25, 0.3) is 0 Å². The van der Waals surface area contributed by atoms with Gasteiger partial charge in [-0.15, -0.1) is 0 Å². The maximum atomic E-state index is 13.0. The van der Waals surface area contributed by atoms with Gasteiger partial charge in [0.2, 0.25) is 0 Å². The first-order chi connectivity index (χ1) is 12.4. The van der Waals surface area contributed by atoms with E-state index in [1.165, 1.54) is 12.1 Å². The minimum Gasteiger partial charge on any atom is -0.481 e. The average molecular weight is 361 g/mol. The van der Waals surface area contributed by atoms with Gasteiger partial charge in [0.15, 0.2) is 0 Å². The number of hydrogen-bond donors (Lipinski definition) is 3. The first-order valence-electron chi connectivity index (χ1n) is 8.25. The smallest absolute Gasteiger partial charge is 0.312 e. The molecule has 3 N–H and O–H groups in total. The molecule has 1 unspecified atom stereocenters.